The van der Waals surface area contributed by atoms with E-state index in [-0.39, 0.29) is 11.9 Å². The Balaban J connectivity index is 1.60. The van der Waals surface area contributed by atoms with E-state index in [1.54, 1.807) is 32.4 Å². The number of morpholine rings is 1. The van der Waals surface area contributed by atoms with Gasteiger partial charge in [0.1, 0.15) is 11.5 Å². The van der Waals surface area contributed by atoms with Crippen LogP contribution in [0, 0.1) is 0 Å². The van der Waals surface area contributed by atoms with Crippen LogP contribution in [0.3, 0.4) is 0 Å². The summed E-state index contributed by atoms with van der Waals surface area (Å²) in [6, 6.07) is 20.0. The molecular formula is C25H28N2O4. The molecule has 1 aliphatic rings. The predicted octanol–water partition coefficient (Wildman–Crippen LogP) is 3.66. The first-order valence-corrected chi connectivity index (χ1v) is 10.5. The highest BCUT2D eigenvalue weighted by Crippen LogP contribution is 2.29. The average molecular weight is 421 g/mol. The number of fused-ring (bicyclic) bond motifs is 1. The molecule has 0 unspecified atom stereocenters. The number of ether oxygens (including phenoxy) is 3. The molecule has 0 aliphatic carbocycles. The Bertz CT molecular complexity index is 1020. The number of hydrogen-bond acceptors (Lipinski definition) is 5. The lowest BCUT2D eigenvalue weighted by Crippen LogP contribution is -2.43. The second-order valence-corrected chi connectivity index (χ2v) is 7.54. The van der Waals surface area contributed by atoms with Gasteiger partial charge in [-0.05, 0) is 28.5 Å². The van der Waals surface area contributed by atoms with Gasteiger partial charge in [-0.1, -0.05) is 42.5 Å². The monoisotopic (exact) mass is 420 g/mol. The van der Waals surface area contributed by atoms with Crippen molar-refractivity contribution in [3.8, 4) is 11.5 Å². The third kappa shape index (κ3) is 4.81. The molecular weight excluding hydrogens is 392 g/mol. The van der Waals surface area contributed by atoms with Gasteiger partial charge in [0, 0.05) is 31.3 Å². The van der Waals surface area contributed by atoms with Crippen molar-refractivity contribution in [2.75, 3.05) is 47.1 Å². The van der Waals surface area contributed by atoms with Gasteiger partial charge in [0.15, 0.2) is 0 Å². The summed E-state index contributed by atoms with van der Waals surface area (Å²) in [6.07, 6.45) is 0. The van der Waals surface area contributed by atoms with Gasteiger partial charge < -0.3 is 19.5 Å². The van der Waals surface area contributed by atoms with Crippen LogP contribution in [0.2, 0.25) is 0 Å². The number of nitrogens with one attached hydrogen (secondary N) is 1. The van der Waals surface area contributed by atoms with Crippen molar-refractivity contribution in [1.29, 1.82) is 0 Å². The van der Waals surface area contributed by atoms with Gasteiger partial charge in [0.25, 0.3) is 5.91 Å². The summed E-state index contributed by atoms with van der Waals surface area (Å²) in [4.78, 5) is 15.4. The molecule has 162 valence electrons. The Morgan fingerprint density at radius 1 is 1.00 bits per heavy atom. The molecule has 1 N–H and O–H groups in total. The Labute approximate surface area is 182 Å². The summed E-state index contributed by atoms with van der Waals surface area (Å²) in [5.74, 6) is 1.02. The van der Waals surface area contributed by atoms with Gasteiger partial charge in [-0.2, -0.15) is 0 Å². The SMILES string of the molecule is COc1cc(OC)cc(C(=O)NC[C@H](c2cccc3ccccc23)N2CCOCC2)c1. The van der Waals surface area contributed by atoms with Crippen LogP contribution >= 0.6 is 0 Å². The molecule has 3 aromatic rings. The Morgan fingerprint density at radius 2 is 1.68 bits per heavy atom. The first-order chi connectivity index (χ1) is 15.2. The zero-order valence-electron chi connectivity index (χ0n) is 18.0. The average Bonchev–Trinajstić information content (AvgIpc) is 2.84. The molecule has 0 radical (unpaired) electrons. The summed E-state index contributed by atoms with van der Waals surface area (Å²) in [5, 5.41) is 5.53. The van der Waals surface area contributed by atoms with Crippen LogP contribution in [0.15, 0.2) is 60.7 Å². The maximum Gasteiger partial charge on any atom is 0.251 e. The van der Waals surface area contributed by atoms with E-state index in [1.807, 2.05) is 6.07 Å². The molecule has 1 heterocycles. The Hall–Kier alpha value is -3.09. The summed E-state index contributed by atoms with van der Waals surface area (Å²) in [7, 11) is 3.15. The molecule has 0 saturated carbocycles. The zero-order valence-corrected chi connectivity index (χ0v) is 18.0. The second-order valence-electron chi connectivity index (χ2n) is 7.54. The van der Waals surface area contributed by atoms with E-state index in [4.69, 9.17) is 14.2 Å². The lowest BCUT2D eigenvalue weighted by molar-refractivity contribution is 0.0165. The van der Waals surface area contributed by atoms with Crippen LogP contribution < -0.4 is 14.8 Å². The standard InChI is InChI=1S/C25H28N2O4/c1-29-20-14-19(15-21(16-20)30-2)25(28)26-17-24(27-10-12-31-13-11-27)23-9-5-7-18-6-3-4-8-22(18)23/h3-9,14-16,24H,10-13,17H2,1-2H3,(H,26,28)/t24-/m1/s1. The number of amides is 1. The maximum atomic E-state index is 13.0. The van der Waals surface area contributed by atoms with Crippen LogP contribution in [0.25, 0.3) is 10.8 Å². The molecule has 31 heavy (non-hydrogen) atoms. The second kappa shape index (κ2) is 9.81. The van der Waals surface area contributed by atoms with Crippen molar-refractivity contribution < 1.29 is 19.0 Å². The predicted molar refractivity (Wildman–Crippen MR) is 121 cm³/mol. The zero-order chi connectivity index (χ0) is 21.6. The molecule has 1 fully saturated rings. The van der Waals surface area contributed by atoms with Crippen molar-refractivity contribution in [2.24, 2.45) is 0 Å². The van der Waals surface area contributed by atoms with E-state index < -0.39 is 0 Å². The van der Waals surface area contributed by atoms with Gasteiger partial charge in [-0.3, -0.25) is 9.69 Å². The fraction of sp³-hybridized carbons (Fsp3) is 0.320. The number of carbonyl (C=O) groups is 1. The highest BCUT2D eigenvalue weighted by molar-refractivity contribution is 5.95. The Morgan fingerprint density at radius 3 is 2.39 bits per heavy atom. The number of benzene rings is 3. The molecule has 1 saturated heterocycles. The van der Waals surface area contributed by atoms with Gasteiger partial charge in [0.2, 0.25) is 0 Å². The molecule has 4 rings (SSSR count). The van der Waals surface area contributed by atoms with Crippen molar-refractivity contribution in [3.05, 3.63) is 71.8 Å². The minimum absolute atomic E-state index is 0.0476. The van der Waals surface area contributed by atoms with Crippen LogP contribution in [-0.2, 0) is 4.74 Å². The molecule has 1 amide bonds. The number of carbonyl (C=O) groups excluding carboxylic acids is 1. The summed E-state index contributed by atoms with van der Waals surface area (Å²) in [6.45, 7) is 3.55. The largest absolute Gasteiger partial charge is 0.497 e. The van der Waals surface area contributed by atoms with Crippen molar-refractivity contribution in [1.82, 2.24) is 10.2 Å². The maximum absolute atomic E-state index is 13.0. The van der Waals surface area contributed by atoms with Crippen LogP contribution in [0.4, 0.5) is 0 Å². The molecule has 0 aromatic heterocycles. The number of hydrogen-bond donors (Lipinski definition) is 1. The number of rotatable bonds is 7. The fourth-order valence-corrected chi connectivity index (χ4v) is 4.10. The Kier molecular flexibility index (Phi) is 6.70. The summed E-state index contributed by atoms with van der Waals surface area (Å²) < 4.78 is 16.2. The number of nitrogens with zero attached hydrogens (tertiary/aromatic N) is 1. The highest BCUT2D eigenvalue weighted by atomic mass is 16.5. The minimum atomic E-state index is -0.157. The lowest BCUT2D eigenvalue weighted by Gasteiger charge is -2.35. The quantitative estimate of drug-likeness (QED) is 0.632. The number of methoxy groups -OCH3 is 2. The lowest BCUT2D eigenvalue weighted by atomic mass is 9.97. The molecule has 6 nitrogen and oxygen atoms in total. The van der Waals surface area contributed by atoms with Crippen molar-refractivity contribution in [2.45, 2.75) is 6.04 Å². The first-order valence-electron chi connectivity index (χ1n) is 10.5. The van der Waals surface area contributed by atoms with E-state index in [1.165, 1.54) is 16.3 Å². The first kappa shape index (κ1) is 21.2. The van der Waals surface area contributed by atoms with Crippen molar-refractivity contribution >= 4 is 16.7 Å². The van der Waals surface area contributed by atoms with Crippen molar-refractivity contribution in [3.63, 3.8) is 0 Å². The van der Waals surface area contributed by atoms with Gasteiger partial charge >= 0.3 is 0 Å². The van der Waals surface area contributed by atoms with E-state index in [0.717, 1.165) is 13.1 Å². The molecule has 1 aliphatic heterocycles. The molecule has 0 bridgehead atoms. The third-order valence-corrected chi connectivity index (χ3v) is 5.74. The normalized spacial score (nSPS) is 15.4. The van der Waals surface area contributed by atoms with E-state index in [9.17, 15) is 4.79 Å². The van der Waals surface area contributed by atoms with Crippen LogP contribution in [0.5, 0.6) is 11.5 Å². The smallest absolute Gasteiger partial charge is 0.251 e. The van der Waals surface area contributed by atoms with E-state index in [2.05, 4.69) is 46.6 Å². The molecule has 1 atom stereocenters. The summed E-state index contributed by atoms with van der Waals surface area (Å²) in [5.41, 5.74) is 1.72. The highest BCUT2D eigenvalue weighted by Gasteiger charge is 2.25. The van der Waals surface area contributed by atoms with Gasteiger partial charge in [0.05, 0.1) is 33.5 Å². The summed E-state index contributed by atoms with van der Waals surface area (Å²) >= 11 is 0. The molecule has 3 aromatic carbocycles. The molecule has 0 spiro atoms. The van der Waals surface area contributed by atoms with E-state index >= 15 is 0 Å². The van der Waals surface area contributed by atoms with Crippen LogP contribution in [-0.4, -0.2) is 57.9 Å². The fourth-order valence-electron chi connectivity index (χ4n) is 4.10. The topological polar surface area (TPSA) is 60.0 Å². The van der Waals surface area contributed by atoms with Gasteiger partial charge in [-0.15, -0.1) is 0 Å². The third-order valence-electron chi connectivity index (χ3n) is 5.74. The van der Waals surface area contributed by atoms with Crippen LogP contribution in [0.1, 0.15) is 22.0 Å². The molecule has 6 heteroatoms. The minimum Gasteiger partial charge on any atom is -0.497 e. The van der Waals surface area contributed by atoms with Gasteiger partial charge in [-0.25, -0.2) is 0 Å². The van der Waals surface area contributed by atoms with E-state index in [0.29, 0.717) is 36.8 Å².